The van der Waals surface area contributed by atoms with Crippen LogP contribution in [0.2, 0.25) is 0 Å². The normalized spacial score (nSPS) is 28.6. The number of carbonyl (C=O) groups is 1. The highest BCUT2D eigenvalue weighted by Crippen LogP contribution is 2.46. The molecule has 1 heterocycles. The number of amides is 1. The molecule has 3 nitrogen and oxygen atoms in total. The second kappa shape index (κ2) is 6.66. The number of ether oxygens (including phenoxy) is 1. The van der Waals surface area contributed by atoms with E-state index in [1.54, 1.807) is 6.08 Å². The SMILES string of the molecule is CO[C@@H]1CCC[C@@]12CCCN(C(=O)C=Cc1ccccc1)C2. The van der Waals surface area contributed by atoms with E-state index in [9.17, 15) is 4.79 Å². The molecule has 1 spiro atoms. The topological polar surface area (TPSA) is 29.5 Å². The molecule has 2 atom stereocenters. The number of likely N-dealkylation sites (tertiary alicyclic amines) is 1. The number of nitrogens with zero attached hydrogens (tertiary/aromatic N) is 1. The number of hydrogen-bond acceptors (Lipinski definition) is 2. The first kappa shape index (κ1) is 15.3. The molecule has 3 rings (SSSR count). The van der Waals surface area contributed by atoms with Gasteiger partial charge in [0.25, 0.3) is 0 Å². The zero-order chi connectivity index (χ0) is 15.4. The van der Waals surface area contributed by atoms with Gasteiger partial charge in [-0.2, -0.15) is 0 Å². The summed E-state index contributed by atoms with van der Waals surface area (Å²) < 4.78 is 5.71. The first-order chi connectivity index (χ1) is 10.7. The minimum atomic E-state index is 0.129. The molecule has 1 saturated heterocycles. The maximum Gasteiger partial charge on any atom is 0.246 e. The lowest BCUT2D eigenvalue weighted by Crippen LogP contribution is -2.49. The second-order valence-electron chi connectivity index (χ2n) is 6.59. The van der Waals surface area contributed by atoms with E-state index in [0.717, 1.165) is 31.5 Å². The largest absolute Gasteiger partial charge is 0.381 e. The number of methoxy groups -OCH3 is 1. The summed E-state index contributed by atoms with van der Waals surface area (Å²) in [7, 11) is 1.81. The van der Waals surface area contributed by atoms with Crippen molar-refractivity contribution in [2.75, 3.05) is 20.2 Å². The zero-order valence-corrected chi connectivity index (χ0v) is 13.3. The van der Waals surface area contributed by atoms with Crippen molar-refractivity contribution in [2.24, 2.45) is 5.41 Å². The monoisotopic (exact) mass is 299 g/mol. The Morgan fingerprint density at radius 3 is 2.82 bits per heavy atom. The van der Waals surface area contributed by atoms with Gasteiger partial charge in [-0.05, 0) is 37.3 Å². The quantitative estimate of drug-likeness (QED) is 0.799. The third kappa shape index (κ3) is 3.09. The van der Waals surface area contributed by atoms with Crippen molar-refractivity contribution in [2.45, 2.75) is 38.2 Å². The van der Waals surface area contributed by atoms with E-state index < -0.39 is 0 Å². The molecular weight excluding hydrogens is 274 g/mol. The standard InChI is InChI=1S/C19H25NO2/c1-22-17-9-5-12-19(17)13-6-14-20(15-19)18(21)11-10-16-7-3-2-4-8-16/h2-4,7-8,10-11,17H,5-6,9,12-15H2,1H3/t17-,19+/m1/s1. The Hall–Kier alpha value is -1.61. The average Bonchev–Trinajstić information content (AvgIpc) is 2.95. The number of hydrogen-bond donors (Lipinski definition) is 0. The zero-order valence-electron chi connectivity index (χ0n) is 13.3. The van der Waals surface area contributed by atoms with Gasteiger partial charge in [0.2, 0.25) is 5.91 Å². The van der Waals surface area contributed by atoms with Crippen LogP contribution in [0.5, 0.6) is 0 Å². The van der Waals surface area contributed by atoms with E-state index in [1.807, 2.05) is 48.4 Å². The minimum absolute atomic E-state index is 0.129. The van der Waals surface area contributed by atoms with Crippen LogP contribution in [0.25, 0.3) is 6.08 Å². The molecule has 1 aliphatic heterocycles. The van der Waals surface area contributed by atoms with Crippen molar-refractivity contribution in [1.82, 2.24) is 4.90 Å². The van der Waals surface area contributed by atoms with Crippen LogP contribution in [0.3, 0.4) is 0 Å². The van der Waals surface area contributed by atoms with Gasteiger partial charge in [0.05, 0.1) is 6.10 Å². The smallest absolute Gasteiger partial charge is 0.246 e. The number of carbonyl (C=O) groups excluding carboxylic acids is 1. The molecule has 0 radical (unpaired) electrons. The number of benzene rings is 1. The molecule has 0 aromatic heterocycles. The van der Waals surface area contributed by atoms with Crippen LogP contribution in [0.1, 0.15) is 37.7 Å². The molecule has 1 amide bonds. The molecule has 2 aliphatic rings. The highest BCUT2D eigenvalue weighted by molar-refractivity contribution is 5.91. The lowest BCUT2D eigenvalue weighted by Gasteiger charge is -2.43. The van der Waals surface area contributed by atoms with Crippen molar-refractivity contribution >= 4 is 12.0 Å². The van der Waals surface area contributed by atoms with E-state index in [2.05, 4.69) is 0 Å². The minimum Gasteiger partial charge on any atom is -0.381 e. The van der Waals surface area contributed by atoms with E-state index in [0.29, 0.717) is 6.10 Å². The Balaban J connectivity index is 1.67. The van der Waals surface area contributed by atoms with Gasteiger partial charge >= 0.3 is 0 Å². The summed E-state index contributed by atoms with van der Waals surface area (Å²) in [6.07, 6.45) is 9.78. The molecule has 1 aliphatic carbocycles. The molecule has 0 N–H and O–H groups in total. The van der Waals surface area contributed by atoms with Crippen LogP contribution in [0, 0.1) is 5.41 Å². The third-order valence-corrected chi connectivity index (χ3v) is 5.25. The molecule has 0 unspecified atom stereocenters. The average molecular weight is 299 g/mol. The molecule has 0 bridgehead atoms. The van der Waals surface area contributed by atoms with Gasteiger partial charge in [0.1, 0.15) is 0 Å². The molecule has 1 aromatic carbocycles. The fourth-order valence-corrected chi connectivity index (χ4v) is 4.13. The van der Waals surface area contributed by atoms with Gasteiger partial charge in [-0.1, -0.05) is 36.8 Å². The molecule has 22 heavy (non-hydrogen) atoms. The Morgan fingerprint density at radius 2 is 2.05 bits per heavy atom. The van der Waals surface area contributed by atoms with Crippen molar-refractivity contribution in [3.05, 3.63) is 42.0 Å². The molecule has 1 saturated carbocycles. The lowest BCUT2D eigenvalue weighted by molar-refractivity contribution is -0.132. The summed E-state index contributed by atoms with van der Waals surface area (Å²) in [5.74, 6) is 0.129. The van der Waals surface area contributed by atoms with Crippen molar-refractivity contribution in [3.8, 4) is 0 Å². The fraction of sp³-hybridized carbons (Fsp3) is 0.526. The summed E-state index contributed by atoms with van der Waals surface area (Å²) in [6.45, 7) is 1.72. The summed E-state index contributed by atoms with van der Waals surface area (Å²) >= 11 is 0. The van der Waals surface area contributed by atoms with Crippen molar-refractivity contribution < 1.29 is 9.53 Å². The van der Waals surface area contributed by atoms with Crippen LogP contribution in [-0.2, 0) is 9.53 Å². The van der Waals surface area contributed by atoms with Crippen LogP contribution >= 0.6 is 0 Å². The van der Waals surface area contributed by atoms with Crippen LogP contribution in [0.4, 0.5) is 0 Å². The van der Waals surface area contributed by atoms with Gasteiger partial charge in [-0.15, -0.1) is 0 Å². The Morgan fingerprint density at radius 1 is 1.27 bits per heavy atom. The molecular formula is C19H25NO2. The van der Waals surface area contributed by atoms with Gasteiger partial charge in [0.15, 0.2) is 0 Å². The van der Waals surface area contributed by atoms with Crippen LogP contribution in [0.15, 0.2) is 36.4 Å². The van der Waals surface area contributed by atoms with Crippen LogP contribution < -0.4 is 0 Å². The van der Waals surface area contributed by atoms with E-state index in [4.69, 9.17) is 4.74 Å². The maximum absolute atomic E-state index is 12.5. The van der Waals surface area contributed by atoms with Crippen molar-refractivity contribution in [1.29, 1.82) is 0 Å². The highest BCUT2D eigenvalue weighted by Gasteiger charge is 2.46. The Labute approximate surface area is 133 Å². The van der Waals surface area contributed by atoms with Crippen molar-refractivity contribution in [3.63, 3.8) is 0 Å². The van der Waals surface area contributed by atoms with Gasteiger partial charge in [-0.3, -0.25) is 4.79 Å². The molecule has 3 heteroatoms. The predicted molar refractivity (Wildman–Crippen MR) is 88.4 cm³/mol. The molecule has 1 aromatic rings. The first-order valence-electron chi connectivity index (χ1n) is 8.28. The summed E-state index contributed by atoms with van der Waals surface area (Å²) in [6, 6.07) is 9.99. The van der Waals surface area contributed by atoms with Gasteiger partial charge < -0.3 is 9.64 Å². The number of rotatable bonds is 3. The molecule has 2 fully saturated rings. The Kier molecular flexibility index (Phi) is 4.63. The summed E-state index contributed by atoms with van der Waals surface area (Å²) in [5, 5.41) is 0. The van der Waals surface area contributed by atoms with Gasteiger partial charge in [0, 0.05) is 31.7 Å². The van der Waals surface area contributed by atoms with E-state index in [1.165, 1.54) is 19.3 Å². The second-order valence-corrected chi connectivity index (χ2v) is 6.59. The highest BCUT2D eigenvalue weighted by atomic mass is 16.5. The maximum atomic E-state index is 12.5. The number of piperidine rings is 1. The first-order valence-corrected chi connectivity index (χ1v) is 8.28. The lowest BCUT2D eigenvalue weighted by atomic mass is 9.76. The Bertz CT molecular complexity index is 540. The third-order valence-electron chi connectivity index (χ3n) is 5.25. The summed E-state index contributed by atoms with van der Waals surface area (Å²) in [4.78, 5) is 14.5. The summed E-state index contributed by atoms with van der Waals surface area (Å²) in [5.41, 5.74) is 1.27. The van der Waals surface area contributed by atoms with Crippen LogP contribution in [-0.4, -0.2) is 37.1 Å². The fourth-order valence-electron chi connectivity index (χ4n) is 4.13. The predicted octanol–water partition coefficient (Wildman–Crippen LogP) is 3.51. The molecule has 118 valence electrons. The van der Waals surface area contributed by atoms with Gasteiger partial charge in [-0.25, -0.2) is 0 Å². The van der Waals surface area contributed by atoms with E-state index in [-0.39, 0.29) is 11.3 Å². The van der Waals surface area contributed by atoms with E-state index >= 15 is 0 Å².